The normalized spacial score (nSPS) is 10.4. The Kier molecular flexibility index (Phi) is 4.35. The number of rotatable bonds is 4. The van der Waals surface area contributed by atoms with Crippen LogP contribution in [0, 0.1) is 18.3 Å². The summed E-state index contributed by atoms with van der Waals surface area (Å²) in [4.78, 5) is 16.6. The number of nitrogens with one attached hydrogen (secondary N) is 1. The molecule has 0 unspecified atom stereocenters. The second-order valence-electron chi connectivity index (χ2n) is 5.30. The van der Waals surface area contributed by atoms with Crippen LogP contribution in [0.4, 0.5) is 5.13 Å². The number of fused-ring (bicyclic) bond motifs is 1. The van der Waals surface area contributed by atoms with E-state index in [-0.39, 0.29) is 5.91 Å². The van der Waals surface area contributed by atoms with Gasteiger partial charge in [-0.1, -0.05) is 35.6 Å². The summed E-state index contributed by atoms with van der Waals surface area (Å²) in [6.45, 7) is 2.01. The van der Waals surface area contributed by atoms with Gasteiger partial charge >= 0.3 is 0 Å². The van der Waals surface area contributed by atoms with E-state index in [0.29, 0.717) is 23.5 Å². The zero-order chi connectivity index (χ0) is 16.2. The monoisotopic (exact) mass is 321 g/mol. The number of hydrogen-bond donors (Lipinski definition) is 1. The number of hydrogen-bond acceptors (Lipinski definition) is 4. The van der Waals surface area contributed by atoms with Crippen LogP contribution in [-0.4, -0.2) is 10.9 Å². The van der Waals surface area contributed by atoms with Crippen molar-refractivity contribution in [1.82, 2.24) is 4.98 Å². The van der Waals surface area contributed by atoms with E-state index >= 15 is 0 Å². The fraction of sp³-hybridized carbons (Fsp3) is 0.167. The number of carbonyl (C=O) groups is 1. The molecule has 0 saturated heterocycles. The molecule has 3 aromatic rings. The van der Waals surface area contributed by atoms with Crippen LogP contribution in [0.3, 0.4) is 0 Å². The quantitative estimate of drug-likeness (QED) is 0.788. The van der Waals surface area contributed by atoms with E-state index in [1.54, 1.807) is 12.1 Å². The van der Waals surface area contributed by atoms with E-state index in [4.69, 9.17) is 5.26 Å². The molecule has 1 aromatic heterocycles. The largest absolute Gasteiger partial charge is 0.302 e. The van der Waals surface area contributed by atoms with Crippen molar-refractivity contribution in [3.8, 4) is 6.07 Å². The molecule has 1 N–H and O–H groups in total. The van der Waals surface area contributed by atoms with Gasteiger partial charge in [0.2, 0.25) is 5.91 Å². The van der Waals surface area contributed by atoms with Crippen molar-refractivity contribution in [2.24, 2.45) is 0 Å². The maximum absolute atomic E-state index is 12.1. The summed E-state index contributed by atoms with van der Waals surface area (Å²) in [5, 5.41) is 12.3. The van der Waals surface area contributed by atoms with E-state index in [9.17, 15) is 4.79 Å². The molecular weight excluding hydrogens is 306 g/mol. The topological polar surface area (TPSA) is 65.8 Å². The number of nitrogens with zero attached hydrogens (tertiary/aromatic N) is 2. The summed E-state index contributed by atoms with van der Waals surface area (Å²) in [5.74, 6) is -0.0499. The fourth-order valence-corrected chi connectivity index (χ4v) is 3.29. The predicted octanol–water partition coefficient (Wildman–Crippen LogP) is 4.05. The lowest BCUT2D eigenvalue weighted by Crippen LogP contribution is -2.12. The van der Waals surface area contributed by atoms with Gasteiger partial charge in [-0.05, 0) is 42.7 Å². The van der Waals surface area contributed by atoms with Gasteiger partial charge in [-0.25, -0.2) is 4.98 Å². The van der Waals surface area contributed by atoms with Gasteiger partial charge in [0, 0.05) is 6.42 Å². The van der Waals surface area contributed by atoms with Gasteiger partial charge in [0.1, 0.15) is 0 Å². The molecule has 0 radical (unpaired) electrons. The van der Waals surface area contributed by atoms with Crippen LogP contribution in [0.5, 0.6) is 0 Å². The van der Waals surface area contributed by atoms with Crippen molar-refractivity contribution in [2.75, 3.05) is 5.32 Å². The molecule has 114 valence electrons. The summed E-state index contributed by atoms with van der Waals surface area (Å²) in [5.41, 5.74) is 3.72. The summed E-state index contributed by atoms with van der Waals surface area (Å²) >= 11 is 1.49. The van der Waals surface area contributed by atoms with E-state index < -0.39 is 0 Å². The lowest BCUT2D eigenvalue weighted by molar-refractivity contribution is -0.116. The van der Waals surface area contributed by atoms with Crippen LogP contribution in [-0.2, 0) is 11.2 Å². The minimum absolute atomic E-state index is 0.0499. The van der Waals surface area contributed by atoms with Crippen molar-refractivity contribution in [3.05, 3.63) is 59.2 Å². The third-order valence-electron chi connectivity index (χ3n) is 3.59. The van der Waals surface area contributed by atoms with Crippen LogP contribution in [0.15, 0.2) is 42.5 Å². The average Bonchev–Trinajstić information content (AvgIpc) is 2.97. The van der Waals surface area contributed by atoms with Gasteiger partial charge in [-0.3, -0.25) is 4.79 Å². The van der Waals surface area contributed by atoms with Gasteiger partial charge in [0.05, 0.1) is 21.8 Å². The van der Waals surface area contributed by atoms with Crippen molar-refractivity contribution >= 4 is 32.6 Å². The number of aryl methyl sites for hydroxylation is 2. The molecule has 0 spiro atoms. The van der Waals surface area contributed by atoms with E-state index in [1.165, 1.54) is 11.3 Å². The molecular formula is C18H15N3OS. The Morgan fingerprint density at radius 1 is 1.26 bits per heavy atom. The Hall–Kier alpha value is -2.71. The Balaban J connectivity index is 1.62. The summed E-state index contributed by atoms with van der Waals surface area (Å²) < 4.78 is 1.08. The standard InChI is InChI=1S/C18H15N3OS/c1-12-3-2-4-15-17(12)21-18(23-15)20-16(22)10-9-13-5-7-14(11-19)8-6-13/h2-8H,9-10H2,1H3,(H,20,21,22). The minimum atomic E-state index is -0.0499. The molecule has 2 aromatic carbocycles. The molecule has 4 nitrogen and oxygen atoms in total. The molecule has 3 rings (SSSR count). The first kappa shape index (κ1) is 15.2. The Labute approximate surface area is 138 Å². The first-order chi connectivity index (χ1) is 11.2. The Bertz CT molecular complexity index is 891. The number of anilines is 1. The molecule has 0 aliphatic heterocycles. The van der Waals surface area contributed by atoms with Gasteiger partial charge in [-0.2, -0.15) is 5.26 Å². The fourth-order valence-electron chi connectivity index (χ4n) is 2.33. The second-order valence-corrected chi connectivity index (χ2v) is 6.33. The van der Waals surface area contributed by atoms with Gasteiger partial charge in [0.15, 0.2) is 5.13 Å². The average molecular weight is 321 g/mol. The third-order valence-corrected chi connectivity index (χ3v) is 4.53. The second kappa shape index (κ2) is 6.59. The van der Waals surface area contributed by atoms with Crippen LogP contribution >= 0.6 is 11.3 Å². The maximum atomic E-state index is 12.1. The highest BCUT2D eigenvalue weighted by Crippen LogP contribution is 2.27. The number of nitriles is 1. The lowest BCUT2D eigenvalue weighted by Gasteiger charge is -2.02. The highest BCUT2D eigenvalue weighted by molar-refractivity contribution is 7.22. The van der Waals surface area contributed by atoms with E-state index in [0.717, 1.165) is 21.3 Å². The van der Waals surface area contributed by atoms with Crippen LogP contribution < -0.4 is 5.32 Å². The number of carbonyl (C=O) groups excluding carboxylic acids is 1. The van der Waals surface area contributed by atoms with Crippen LogP contribution in [0.2, 0.25) is 0 Å². The molecule has 0 bridgehead atoms. The van der Waals surface area contributed by atoms with Crippen molar-refractivity contribution < 1.29 is 4.79 Å². The number of thiazole rings is 1. The number of aromatic nitrogens is 1. The van der Waals surface area contributed by atoms with Crippen molar-refractivity contribution in [2.45, 2.75) is 19.8 Å². The summed E-state index contributed by atoms with van der Waals surface area (Å²) in [6, 6.07) is 15.4. The lowest BCUT2D eigenvalue weighted by atomic mass is 10.1. The molecule has 23 heavy (non-hydrogen) atoms. The SMILES string of the molecule is Cc1cccc2sc(NC(=O)CCc3ccc(C#N)cc3)nc12. The minimum Gasteiger partial charge on any atom is -0.302 e. The number of amides is 1. The van der Waals surface area contributed by atoms with Gasteiger partial charge in [0.25, 0.3) is 0 Å². The van der Waals surface area contributed by atoms with Gasteiger partial charge < -0.3 is 5.32 Å². The summed E-state index contributed by atoms with van der Waals surface area (Å²) in [6.07, 6.45) is 1.03. The maximum Gasteiger partial charge on any atom is 0.226 e. The van der Waals surface area contributed by atoms with Crippen LogP contribution in [0.1, 0.15) is 23.1 Å². The van der Waals surface area contributed by atoms with Crippen molar-refractivity contribution in [1.29, 1.82) is 5.26 Å². The third kappa shape index (κ3) is 3.55. The molecule has 0 fully saturated rings. The molecule has 0 saturated carbocycles. The Morgan fingerprint density at radius 2 is 2.04 bits per heavy atom. The first-order valence-electron chi connectivity index (χ1n) is 7.31. The van der Waals surface area contributed by atoms with Crippen LogP contribution in [0.25, 0.3) is 10.2 Å². The Morgan fingerprint density at radius 3 is 2.74 bits per heavy atom. The highest BCUT2D eigenvalue weighted by Gasteiger charge is 2.09. The van der Waals surface area contributed by atoms with Crippen molar-refractivity contribution in [3.63, 3.8) is 0 Å². The molecule has 1 amide bonds. The number of benzene rings is 2. The van der Waals surface area contributed by atoms with Gasteiger partial charge in [-0.15, -0.1) is 0 Å². The zero-order valence-electron chi connectivity index (χ0n) is 12.7. The molecule has 0 aliphatic rings. The summed E-state index contributed by atoms with van der Waals surface area (Å²) in [7, 11) is 0. The molecule has 0 aliphatic carbocycles. The van der Waals surface area contributed by atoms with E-state index in [1.807, 2.05) is 37.3 Å². The zero-order valence-corrected chi connectivity index (χ0v) is 13.5. The smallest absolute Gasteiger partial charge is 0.226 e. The predicted molar refractivity (Wildman–Crippen MR) is 92.5 cm³/mol. The molecule has 5 heteroatoms. The first-order valence-corrected chi connectivity index (χ1v) is 8.12. The molecule has 1 heterocycles. The van der Waals surface area contributed by atoms with E-state index in [2.05, 4.69) is 16.4 Å². The number of para-hydroxylation sites is 1. The highest BCUT2D eigenvalue weighted by atomic mass is 32.1. The molecule has 0 atom stereocenters.